The van der Waals surface area contributed by atoms with Crippen LogP contribution in [0, 0.1) is 24.2 Å². The van der Waals surface area contributed by atoms with Gasteiger partial charge in [0.05, 0.1) is 17.9 Å². The Labute approximate surface area is 137 Å². The van der Waals surface area contributed by atoms with Crippen molar-refractivity contribution in [3.63, 3.8) is 0 Å². The number of aromatic nitrogens is 2. The second-order valence-electron chi connectivity index (χ2n) is 8.26. The summed E-state index contributed by atoms with van der Waals surface area (Å²) in [7, 11) is 0. The van der Waals surface area contributed by atoms with E-state index < -0.39 is 5.60 Å². The number of aliphatic hydroxyl groups is 1. The molecule has 0 aromatic carbocycles. The van der Waals surface area contributed by atoms with Crippen molar-refractivity contribution in [3.8, 4) is 0 Å². The van der Waals surface area contributed by atoms with Crippen LogP contribution in [0.1, 0.15) is 57.0 Å². The Morgan fingerprint density at radius 2 is 2.09 bits per heavy atom. The molecule has 1 aromatic rings. The zero-order valence-electron chi connectivity index (χ0n) is 14.0. The van der Waals surface area contributed by atoms with Crippen LogP contribution >= 0.6 is 0 Å². The van der Waals surface area contributed by atoms with Crippen LogP contribution in [0.3, 0.4) is 0 Å². The van der Waals surface area contributed by atoms with E-state index in [-0.39, 0.29) is 11.5 Å². The lowest BCUT2D eigenvalue weighted by Gasteiger charge is -2.59. The molecular weight excluding hydrogens is 292 g/mol. The molecule has 1 N–H and O–H groups in total. The number of carbonyl (C=O) groups excluding carboxylic acids is 1. The first-order valence-electron chi connectivity index (χ1n) is 8.85. The van der Waals surface area contributed by atoms with Gasteiger partial charge in [0, 0.05) is 18.0 Å². The van der Waals surface area contributed by atoms with Crippen molar-refractivity contribution in [2.75, 3.05) is 6.61 Å². The summed E-state index contributed by atoms with van der Waals surface area (Å²) >= 11 is 0. The van der Waals surface area contributed by atoms with E-state index in [0.29, 0.717) is 24.9 Å². The highest BCUT2D eigenvalue weighted by Crippen LogP contribution is 2.61. The number of ether oxygens (including phenoxy) is 1. The lowest BCUT2D eigenvalue weighted by molar-refractivity contribution is -0.175. The van der Waals surface area contributed by atoms with E-state index in [2.05, 4.69) is 4.98 Å². The molecule has 4 aliphatic carbocycles. The Balaban J connectivity index is 1.47. The van der Waals surface area contributed by atoms with Crippen molar-refractivity contribution < 1.29 is 14.6 Å². The van der Waals surface area contributed by atoms with Crippen LogP contribution in [0.25, 0.3) is 0 Å². The van der Waals surface area contributed by atoms with Crippen molar-refractivity contribution in [1.29, 1.82) is 0 Å². The van der Waals surface area contributed by atoms with E-state index in [4.69, 9.17) is 4.74 Å². The SMILES string of the molecule is CCc1nc(C)cn1C(=O)OCC12CC3CC(CC(O)(C3)C1)C2. The molecule has 2 atom stereocenters. The fraction of sp³-hybridized carbons (Fsp3) is 0.778. The maximum absolute atomic E-state index is 12.4. The quantitative estimate of drug-likeness (QED) is 0.930. The summed E-state index contributed by atoms with van der Waals surface area (Å²) in [6.07, 6.45) is 8.25. The Morgan fingerprint density at radius 1 is 1.39 bits per heavy atom. The van der Waals surface area contributed by atoms with Gasteiger partial charge in [-0.05, 0) is 57.3 Å². The molecule has 4 fully saturated rings. The van der Waals surface area contributed by atoms with Gasteiger partial charge < -0.3 is 9.84 Å². The third-order valence-corrected chi connectivity index (χ3v) is 6.07. The number of hydrogen-bond donors (Lipinski definition) is 1. The largest absolute Gasteiger partial charge is 0.448 e. The molecule has 0 spiro atoms. The first-order chi connectivity index (χ1) is 10.9. The van der Waals surface area contributed by atoms with Crippen LogP contribution in [0.2, 0.25) is 0 Å². The zero-order valence-corrected chi connectivity index (χ0v) is 14.0. The summed E-state index contributed by atoms with van der Waals surface area (Å²) in [6, 6.07) is 0. The average molecular weight is 318 g/mol. The molecule has 4 aliphatic rings. The van der Waals surface area contributed by atoms with Crippen LogP contribution in [0.4, 0.5) is 4.79 Å². The van der Waals surface area contributed by atoms with Gasteiger partial charge in [-0.3, -0.25) is 0 Å². The molecule has 5 rings (SSSR count). The van der Waals surface area contributed by atoms with Crippen molar-refractivity contribution in [2.24, 2.45) is 17.3 Å². The second kappa shape index (κ2) is 5.07. The first kappa shape index (κ1) is 15.2. The fourth-order valence-electron chi connectivity index (χ4n) is 5.81. The molecule has 1 heterocycles. The minimum absolute atomic E-state index is 0.00347. The normalized spacial score (nSPS) is 38.0. The molecule has 5 nitrogen and oxygen atoms in total. The summed E-state index contributed by atoms with van der Waals surface area (Å²) < 4.78 is 7.22. The van der Waals surface area contributed by atoms with Gasteiger partial charge in [-0.25, -0.2) is 14.3 Å². The molecule has 5 heteroatoms. The second-order valence-corrected chi connectivity index (χ2v) is 8.26. The Kier molecular flexibility index (Phi) is 3.34. The third kappa shape index (κ3) is 2.59. The van der Waals surface area contributed by atoms with Crippen molar-refractivity contribution >= 4 is 6.09 Å². The van der Waals surface area contributed by atoms with Crippen LogP contribution in [0.5, 0.6) is 0 Å². The van der Waals surface area contributed by atoms with Gasteiger partial charge in [0.15, 0.2) is 0 Å². The van der Waals surface area contributed by atoms with Crippen LogP contribution in [0.15, 0.2) is 6.20 Å². The monoisotopic (exact) mass is 318 g/mol. The van der Waals surface area contributed by atoms with Crippen LogP contribution in [-0.2, 0) is 11.2 Å². The lowest BCUT2D eigenvalue weighted by Crippen LogP contribution is -2.57. The first-order valence-corrected chi connectivity index (χ1v) is 8.85. The van der Waals surface area contributed by atoms with Gasteiger partial charge in [-0.15, -0.1) is 0 Å². The Morgan fingerprint density at radius 3 is 2.70 bits per heavy atom. The van der Waals surface area contributed by atoms with E-state index in [1.54, 1.807) is 6.20 Å². The van der Waals surface area contributed by atoms with E-state index in [0.717, 1.165) is 43.6 Å². The smallest absolute Gasteiger partial charge is 0.419 e. The van der Waals surface area contributed by atoms with Gasteiger partial charge >= 0.3 is 6.09 Å². The summed E-state index contributed by atoms with van der Waals surface area (Å²) in [6.45, 7) is 4.30. The predicted molar refractivity (Wildman–Crippen MR) is 85.2 cm³/mol. The third-order valence-electron chi connectivity index (χ3n) is 6.07. The van der Waals surface area contributed by atoms with E-state index in [9.17, 15) is 9.90 Å². The number of carbonyl (C=O) groups is 1. The standard InChI is InChI=1S/C18H26N2O3/c1-3-15-19-12(2)9-20(15)16(21)23-11-17-5-13-4-14(6-17)8-18(22,7-13)10-17/h9,13-14,22H,3-8,10-11H2,1-2H3. The lowest BCUT2D eigenvalue weighted by atomic mass is 9.48. The zero-order chi connectivity index (χ0) is 16.2. The predicted octanol–water partition coefficient (Wildman–Crippen LogP) is 3.07. The number of aryl methyl sites for hydroxylation is 2. The topological polar surface area (TPSA) is 64.4 Å². The molecular formula is C18H26N2O3. The van der Waals surface area contributed by atoms with E-state index in [1.165, 1.54) is 11.0 Å². The Bertz CT molecular complexity index is 622. The highest BCUT2D eigenvalue weighted by molar-refractivity contribution is 5.71. The molecule has 2 unspecified atom stereocenters. The van der Waals surface area contributed by atoms with Crippen molar-refractivity contribution in [1.82, 2.24) is 9.55 Å². The number of rotatable bonds is 3. The maximum atomic E-state index is 12.4. The molecule has 0 amide bonds. The molecule has 126 valence electrons. The van der Waals surface area contributed by atoms with Crippen LogP contribution in [-0.4, -0.2) is 33.0 Å². The molecule has 4 saturated carbocycles. The Hall–Kier alpha value is -1.36. The van der Waals surface area contributed by atoms with Gasteiger partial charge in [0.25, 0.3) is 0 Å². The molecule has 0 saturated heterocycles. The van der Waals surface area contributed by atoms with Crippen molar-refractivity contribution in [3.05, 3.63) is 17.7 Å². The minimum atomic E-state index is -0.503. The summed E-state index contributed by atoms with van der Waals surface area (Å²) in [4.78, 5) is 16.8. The van der Waals surface area contributed by atoms with Gasteiger partial charge in [0.1, 0.15) is 5.82 Å². The average Bonchev–Trinajstić information content (AvgIpc) is 2.83. The summed E-state index contributed by atoms with van der Waals surface area (Å²) in [5, 5.41) is 10.8. The molecule has 0 radical (unpaired) electrons. The number of imidazole rings is 1. The summed E-state index contributed by atoms with van der Waals surface area (Å²) in [5.74, 6) is 1.97. The number of nitrogens with zero attached hydrogens (tertiary/aromatic N) is 2. The van der Waals surface area contributed by atoms with E-state index >= 15 is 0 Å². The fourth-order valence-corrected chi connectivity index (χ4v) is 5.81. The van der Waals surface area contributed by atoms with Crippen molar-refractivity contribution in [2.45, 2.75) is 64.4 Å². The highest BCUT2D eigenvalue weighted by Gasteiger charge is 2.57. The van der Waals surface area contributed by atoms with Gasteiger partial charge in [-0.1, -0.05) is 6.92 Å². The molecule has 23 heavy (non-hydrogen) atoms. The highest BCUT2D eigenvalue weighted by atomic mass is 16.5. The summed E-state index contributed by atoms with van der Waals surface area (Å²) in [5.41, 5.74) is 0.329. The molecule has 0 aliphatic heterocycles. The van der Waals surface area contributed by atoms with Crippen LogP contribution < -0.4 is 0 Å². The maximum Gasteiger partial charge on any atom is 0.419 e. The molecule has 4 bridgehead atoms. The minimum Gasteiger partial charge on any atom is -0.448 e. The molecule has 1 aromatic heterocycles. The number of hydrogen-bond acceptors (Lipinski definition) is 4. The van der Waals surface area contributed by atoms with E-state index in [1.807, 2.05) is 13.8 Å². The van der Waals surface area contributed by atoms with Gasteiger partial charge in [0.2, 0.25) is 0 Å². The van der Waals surface area contributed by atoms with Gasteiger partial charge in [-0.2, -0.15) is 0 Å².